The summed E-state index contributed by atoms with van der Waals surface area (Å²) in [7, 11) is 0. The Bertz CT molecular complexity index is 1040. The lowest BCUT2D eigenvalue weighted by atomic mass is 10.0. The lowest BCUT2D eigenvalue weighted by Crippen LogP contribution is -2.19. The molecule has 4 rings (SSSR count). The number of rotatable bonds is 5. The van der Waals surface area contributed by atoms with E-state index in [0.717, 1.165) is 22.0 Å². The van der Waals surface area contributed by atoms with E-state index >= 15 is 0 Å². The minimum atomic E-state index is -2.38. The van der Waals surface area contributed by atoms with Gasteiger partial charge in [0.05, 0.1) is 21.9 Å². The van der Waals surface area contributed by atoms with Gasteiger partial charge in [0.2, 0.25) is 12.3 Å². The fourth-order valence-electron chi connectivity index (χ4n) is 3.10. The quantitative estimate of drug-likeness (QED) is 0.611. The number of aromatic nitrogens is 1. The van der Waals surface area contributed by atoms with Crippen LogP contribution < -0.4 is 5.32 Å². The predicted molar refractivity (Wildman–Crippen MR) is 103 cm³/mol. The maximum atomic E-state index is 12.7. The van der Waals surface area contributed by atoms with Crippen LogP contribution in [0, 0.1) is 0 Å². The Labute approximate surface area is 162 Å². The van der Waals surface area contributed by atoms with Crippen molar-refractivity contribution in [3.8, 4) is 0 Å². The number of benzene rings is 2. The zero-order chi connectivity index (χ0) is 19.0. The van der Waals surface area contributed by atoms with Crippen LogP contribution in [0.2, 0.25) is 0 Å². The predicted octanol–water partition coefficient (Wildman–Crippen LogP) is 4.96. The summed E-state index contributed by atoms with van der Waals surface area (Å²) in [6.07, 6.45) is -2.21. The molecule has 1 aliphatic rings. The van der Waals surface area contributed by atoms with E-state index in [9.17, 15) is 18.4 Å². The molecule has 0 fully saturated rings. The standard InChI is InChI=1S/C19H14F2N2O2S2/c20-17(21)9-26-19-23-14-6-5-10(7-16(14)27-19)22-18(25)13-8-15(24)12-4-2-1-3-11(12)13/h1-7,13,17H,8-9H2,(H,22,25). The topological polar surface area (TPSA) is 59.1 Å². The summed E-state index contributed by atoms with van der Waals surface area (Å²) in [5.41, 5.74) is 2.66. The van der Waals surface area contributed by atoms with Crippen molar-refractivity contribution in [3.05, 3.63) is 53.6 Å². The largest absolute Gasteiger partial charge is 0.325 e. The molecule has 8 heteroatoms. The van der Waals surface area contributed by atoms with Crippen molar-refractivity contribution in [2.45, 2.75) is 23.1 Å². The molecular formula is C19H14F2N2O2S2. The van der Waals surface area contributed by atoms with Gasteiger partial charge in [-0.3, -0.25) is 9.59 Å². The van der Waals surface area contributed by atoms with E-state index in [0.29, 0.717) is 21.1 Å². The molecule has 0 bridgehead atoms. The van der Waals surface area contributed by atoms with Gasteiger partial charge in [0, 0.05) is 17.7 Å². The summed E-state index contributed by atoms with van der Waals surface area (Å²) >= 11 is 2.33. The lowest BCUT2D eigenvalue weighted by Gasteiger charge is -2.11. The molecule has 0 spiro atoms. The number of nitrogens with one attached hydrogen (secondary N) is 1. The molecule has 1 atom stereocenters. The Morgan fingerprint density at radius 2 is 2.11 bits per heavy atom. The molecular weight excluding hydrogens is 390 g/mol. The molecule has 0 aliphatic heterocycles. The summed E-state index contributed by atoms with van der Waals surface area (Å²) in [6, 6.07) is 12.4. The van der Waals surface area contributed by atoms with Crippen molar-refractivity contribution in [1.82, 2.24) is 4.98 Å². The SMILES string of the molecule is O=C1CC(C(=O)Nc2ccc3nc(SCC(F)F)sc3c2)c2ccccc21. The fraction of sp³-hybridized carbons (Fsp3) is 0.211. The first kappa shape index (κ1) is 18.1. The average Bonchev–Trinajstić information content (AvgIpc) is 3.21. The Balaban J connectivity index is 1.52. The average molecular weight is 404 g/mol. The highest BCUT2D eigenvalue weighted by Gasteiger charge is 2.33. The zero-order valence-corrected chi connectivity index (χ0v) is 15.6. The van der Waals surface area contributed by atoms with Crippen LogP contribution in [0.25, 0.3) is 10.2 Å². The molecule has 4 nitrogen and oxygen atoms in total. The number of halogens is 2. The minimum Gasteiger partial charge on any atom is -0.325 e. The van der Waals surface area contributed by atoms with Crippen LogP contribution in [0.4, 0.5) is 14.5 Å². The maximum absolute atomic E-state index is 12.7. The Hall–Kier alpha value is -2.32. The first-order chi connectivity index (χ1) is 13.0. The van der Waals surface area contributed by atoms with Gasteiger partial charge in [0.1, 0.15) is 0 Å². The molecule has 1 heterocycles. The van der Waals surface area contributed by atoms with E-state index < -0.39 is 12.3 Å². The Kier molecular flexibility index (Phi) is 4.92. The highest BCUT2D eigenvalue weighted by atomic mass is 32.2. The van der Waals surface area contributed by atoms with Gasteiger partial charge in [0.15, 0.2) is 10.1 Å². The van der Waals surface area contributed by atoms with Crippen LogP contribution in [0.15, 0.2) is 46.8 Å². The monoisotopic (exact) mass is 404 g/mol. The fourth-order valence-corrected chi connectivity index (χ4v) is 4.98. The van der Waals surface area contributed by atoms with Crippen molar-refractivity contribution in [1.29, 1.82) is 0 Å². The number of fused-ring (bicyclic) bond motifs is 2. The number of ketones is 1. The van der Waals surface area contributed by atoms with Crippen LogP contribution in [0.1, 0.15) is 28.3 Å². The smallest absolute Gasteiger partial charge is 0.248 e. The zero-order valence-electron chi connectivity index (χ0n) is 13.9. The maximum Gasteiger partial charge on any atom is 0.248 e. The van der Waals surface area contributed by atoms with E-state index in [1.165, 1.54) is 11.3 Å². The van der Waals surface area contributed by atoms with Crippen LogP contribution in [0.5, 0.6) is 0 Å². The van der Waals surface area contributed by atoms with Gasteiger partial charge in [-0.15, -0.1) is 11.3 Å². The Morgan fingerprint density at radius 3 is 2.93 bits per heavy atom. The first-order valence-electron chi connectivity index (χ1n) is 8.26. The van der Waals surface area contributed by atoms with Crippen LogP contribution in [0.3, 0.4) is 0 Å². The molecule has 0 saturated carbocycles. The summed E-state index contributed by atoms with van der Waals surface area (Å²) in [5.74, 6) is -1.05. The minimum absolute atomic E-state index is 0.0237. The van der Waals surface area contributed by atoms with Crippen molar-refractivity contribution >= 4 is 50.7 Å². The molecule has 1 unspecified atom stereocenters. The molecule has 138 valence electrons. The van der Waals surface area contributed by atoms with E-state index in [2.05, 4.69) is 10.3 Å². The highest BCUT2D eigenvalue weighted by Crippen LogP contribution is 2.35. The van der Waals surface area contributed by atoms with Crippen LogP contribution in [-0.4, -0.2) is 28.9 Å². The van der Waals surface area contributed by atoms with Gasteiger partial charge in [0.25, 0.3) is 0 Å². The number of amides is 1. The Morgan fingerprint density at radius 1 is 1.30 bits per heavy atom. The van der Waals surface area contributed by atoms with Crippen molar-refractivity contribution in [2.75, 3.05) is 11.1 Å². The molecule has 0 saturated heterocycles. The molecule has 27 heavy (non-hydrogen) atoms. The van der Waals surface area contributed by atoms with Gasteiger partial charge >= 0.3 is 0 Å². The number of hydrogen-bond acceptors (Lipinski definition) is 5. The summed E-state index contributed by atoms with van der Waals surface area (Å²) in [5, 5.41) is 2.86. The molecule has 1 aromatic heterocycles. The number of carbonyl (C=O) groups excluding carboxylic acids is 2. The van der Waals surface area contributed by atoms with Crippen molar-refractivity contribution in [3.63, 3.8) is 0 Å². The molecule has 1 N–H and O–H groups in total. The second kappa shape index (κ2) is 7.36. The van der Waals surface area contributed by atoms with Crippen LogP contribution >= 0.6 is 23.1 Å². The highest BCUT2D eigenvalue weighted by molar-refractivity contribution is 8.01. The van der Waals surface area contributed by atoms with Gasteiger partial charge in [-0.1, -0.05) is 36.0 Å². The lowest BCUT2D eigenvalue weighted by molar-refractivity contribution is -0.117. The second-order valence-electron chi connectivity index (χ2n) is 6.12. The van der Waals surface area contributed by atoms with Crippen molar-refractivity contribution < 1.29 is 18.4 Å². The number of thioether (sulfide) groups is 1. The van der Waals surface area contributed by atoms with Gasteiger partial charge in [-0.05, 0) is 23.8 Å². The van der Waals surface area contributed by atoms with Crippen LogP contribution in [-0.2, 0) is 4.79 Å². The number of nitrogens with zero attached hydrogens (tertiary/aromatic N) is 1. The molecule has 0 radical (unpaired) electrons. The van der Waals surface area contributed by atoms with E-state index in [1.54, 1.807) is 30.3 Å². The molecule has 1 amide bonds. The number of Topliss-reactive ketones (excluding diaryl/α,β-unsaturated/α-hetero) is 1. The van der Waals surface area contributed by atoms with Gasteiger partial charge in [-0.25, -0.2) is 13.8 Å². The van der Waals surface area contributed by atoms with E-state index in [-0.39, 0.29) is 23.9 Å². The number of carbonyl (C=O) groups is 2. The normalized spacial score (nSPS) is 16.1. The number of anilines is 1. The number of thiazole rings is 1. The second-order valence-corrected chi connectivity index (χ2v) is 8.42. The molecule has 2 aromatic carbocycles. The number of hydrogen-bond donors (Lipinski definition) is 1. The van der Waals surface area contributed by atoms with Gasteiger partial charge < -0.3 is 5.32 Å². The molecule has 3 aromatic rings. The third-order valence-corrected chi connectivity index (χ3v) is 6.49. The van der Waals surface area contributed by atoms with E-state index in [1.807, 2.05) is 12.1 Å². The third kappa shape index (κ3) is 3.72. The third-order valence-electron chi connectivity index (χ3n) is 4.31. The van der Waals surface area contributed by atoms with E-state index in [4.69, 9.17) is 0 Å². The first-order valence-corrected chi connectivity index (χ1v) is 10.1. The summed E-state index contributed by atoms with van der Waals surface area (Å²) in [4.78, 5) is 29.1. The summed E-state index contributed by atoms with van der Waals surface area (Å²) < 4.78 is 26.1. The van der Waals surface area contributed by atoms with Gasteiger partial charge in [-0.2, -0.15) is 0 Å². The molecule has 1 aliphatic carbocycles. The van der Waals surface area contributed by atoms with Crippen molar-refractivity contribution in [2.24, 2.45) is 0 Å². The number of alkyl halides is 2. The summed E-state index contributed by atoms with van der Waals surface area (Å²) in [6.45, 7) is 0.